The zero-order chi connectivity index (χ0) is 12.1. The van der Waals surface area contributed by atoms with Gasteiger partial charge < -0.3 is 10.2 Å². The normalized spacial score (nSPS) is 21.9. The average molecular weight is 226 g/mol. The molecule has 1 unspecified atom stereocenters. The first-order valence-corrected chi connectivity index (χ1v) is 7.04. The van der Waals surface area contributed by atoms with Crippen molar-refractivity contribution < 1.29 is 0 Å². The van der Waals surface area contributed by atoms with Gasteiger partial charge >= 0.3 is 0 Å². The summed E-state index contributed by atoms with van der Waals surface area (Å²) in [6.07, 6.45) is 3.89. The summed E-state index contributed by atoms with van der Waals surface area (Å²) in [4.78, 5) is 2.59. The van der Waals surface area contributed by atoms with Crippen molar-refractivity contribution in [2.24, 2.45) is 5.92 Å². The minimum absolute atomic E-state index is 0.704. The summed E-state index contributed by atoms with van der Waals surface area (Å²) in [5, 5.41) is 3.84. The van der Waals surface area contributed by atoms with Crippen molar-refractivity contribution in [1.29, 1.82) is 0 Å². The highest BCUT2D eigenvalue weighted by atomic mass is 15.2. The van der Waals surface area contributed by atoms with E-state index in [4.69, 9.17) is 0 Å². The van der Waals surface area contributed by atoms with E-state index in [1.165, 1.54) is 32.4 Å². The van der Waals surface area contributed by atoms with Gasteiger partial charge in [-0.1, -0.05) is 20.8 Å². The molecule has 1 heterocycles. The molecule has 0 spiro atoms. The molecular formula is C14H30N2. The fourth-order valence-electron chi connectivity index (χ4n) is 2.67. The maximum Gasteiger partial charge on any atom is 0.00941 e. The van der Waals surface area contributed by atoms with Crippen molar-refractivity contribution in [3.05, 3.63) is 0 Å². The van der Waals surface area contributed by atoms with Gasteiger partial charge in [0.1, 0.15) is 0 Å². The van der Waals surface area contributed by atoms with Crippen LogP contribution >= 0.6 is 0 Å². The lowest BCUT2D eigenvalue weighted by molar-refractivity contribution is 0.151. The van der Waals surface area contributed by atoms with Gasteiger partial charge in [-0.25, -0.2) is 0 Å². The van der Waals surface area contributed by atoms with Crippen LogP contribution in [0.2, 0.25) is 0 Å². The van der Waals surface area contributed by atoms with Crippen LogP contribution in [0.5, 0.6) is 0 Å². The van der Waals surface area contributed by atoms with Crippen LogP contribution in [0, 0.1) is 5.92 Å². The highest BCUT2D eigenvalue weighted by Gasteiger charge is 2.23. The molecule has 1 aliphatic rings. The summed E-state index contributed by atoms with van der Waals surface area (Å²) in [6, 6.07) is 2.17. The quantitative estimate of drug-likeness (QED) is 0.775. The summed E-state index contributed by atoms with van der Waals surface area (Å²) >= 11 is 0. The van der Waals surface area contributed by atoms with Gasteiger partial charge in [-0.05, 0) is 52.1 Å². The van der Waals surface area contributed by atoms with Crippen LogP contribution in [0.4, 0.5) is 0 Å². The van der Waals surface area contributed by atoms with E-state index in [-0.39, 0.29) is 0 Å². The molecule has 16 heavy (non-hydrogen) atoms. The first-order chi connectivity index (χ1) is 7.54. The van der Waals surface area contributed by atoms with Gasteiger partial charge in [0.2, 0.25) is 0 Å². The molecule has 0 radical (unpaired) electrons. The number of nitrogens with one attached hydrogen (secondary N) is 1. The van der Waals surface area contributed by atoms with Crippen molar-refractivity contribution in [2.45, 2.75) is 72.0 Å². The van der Waals surface area contributed by atoms with Gasteiger partial charge in [0.05, 0.1) is 0 Å². The second-order valence-electron chi connectivity index (χ2n) is 5.83. The second kappa shape index (κ2) is 6.61. The number of hydrogen-bond acceptors (Lipinski definition) is 2. The maximum atomic E-state index is 3.84. The van der Waals surface area contributed by atoms with Gasteiger partial charge in [0.25, 0.3) is 0 Å². The zero-order valence-electron chi connectivity index (χ0n) is 11.8. The average Bonchev–Trinajstić information content (AvgIpc) is 2.26. The van der Waals surface area contributed by atoms with E-state index in [1.807, 2.05) is 0 Å². The molecule has 1 N–H and O–H groups in total. The molecule has 1 saturated heterocycles. The smallest absolute Gasteiger partial charge is 0.00941 e. The molecule has 0 amide bonds. The van der Waals surface area contributed by atoms with E-state index in [9.17, 15) is 0 Å². The number of likely N-dealkylation sites (tertiary alicyclic amines) is 1. The molecule has 0 bridgehead atoms. The molecule has 0 aromatic carbocycles. The van der Waals surface area contributed by atoms with Crippen LogP contribution in [0.3, 0.4) is 0 Å². The molecule has 1 atom stereocenters. The fraction of sp³-hybridized carbons (Fsp3) is 1.00. The molecule has 1 aliphatic heterocycles. The Morgan fingerprint density at radius 3 is 2.06 bits per heavy atom. The third-order valence-corrected chi connectivity index (χ3v) is 3.95. The molecule has 2 heteroatoms. The first-order valence-electron chi connectivity index (χ1n) is 7.04. The Hall–Kier alpha value is -0.0800. The Balaban J connectivity index is 2.31. The van der Waals surface area contributed by atoms with E-state index < -0.39 is 0 Å². The van der Waals surface area contributed by atoms with Crippen LogP contribution < -0.4 is 5.32 Å². The van der Waals surface area contributed by atoms with E-state index in [0.717, 1.165) is 12.0 Å². The summed E-state index contributed by atoms with van der Waals surface area (Å²) in [5.41, 5.74) is 0. The Morgan fingerprint density at radius 1 is 1.12 bits per heavy atom. The number of hydrogen-bond donors (Lipinski definition) is 1. The Labute approximate surface area is 102 Å². The fourth-order valence-corrected chi connectivity index (χ4v) is 2.67. The lowest BCUT2D eigenvalue weighted by Crippen LogP contribution is -2.48. The van der Waals surface area contributed by atoms with Crippen LogP contribution in [0.1, 0.15) is 53.9 Å². The van der Waals surface area contributed by atoms with Crippen molar-refractivity contribution >= 4 is 0 Å². The topological polar surface area (TPSA) is 15.3 Å². The lowest BCUT2D eigenvalue weighted by atomic mass is 9.97. The number of piperidine rings is 1. The third kappa shape index (κ3) is 4.06. The molecule has 96 valence electrons. The molecule has 2 nitrogen and oxygen atoms in total. The monoisotopic (exact) mass is 226 g/mol. The van der Waals surface area contributed by atoms with Gasteiger partial charge in [-0.15, -0.1) is 0 Å². The highest BCUT2D eigenvalue weighted by Crippen LogP contribution is 2.15. The van der Waals surface area contributed by atoms with Crippen LogP contribution in [-0.2, 0) is 0 Å². The molecule has 0 saturated carbocycles. The predicted octanol–water partition coefficient (Wildman–Crippen LogP) is 2.88. The highest BCUT2D eigenvalue weighted by molar-refractivity contribution is 4.82. The van der Waals surface area contributed by atoms with Gasteiger partial charge in [-0.3, -0.25) is 0 Å². The lowest BCUT2D eigenvalue weighted by Gasteiger charge is -2.37. The molecule has 1 rings (SSSR count). The van der Waals surface area contributed by atoms with Crippen molar-refractivity contribution in [2.75, 3.05) is 13.1 Å². The predicted molar refractivity (Wildman–Crippen MR) is 71.8 cm³/mol. The molecule has 1 fully saturated rings. The van der Waals surface area contributed by atoms with Gasteiger partial charge in [-0.2, -0.15) is 0 Å². The summed E-state index contributed by atoms with van der Waals surface area (Å²) in [6.45, 7) is 14.1. The minimum Gasteiger partial charge on any atom is -0.311 e. The number of nitrogens with zero attached hydrogens (tertiary/aromatic N) is 1. The second-order valence-corrected chi connectivity index (χ2v) is 5.83. The molecule has 0 aliphatic carbocycles. The summed E-state index contributed by atoms with van der Waals surface area (Å²) < 4.78 is 0. The molecular weight excluding hydrogens is 196 g/mol. The zero-order valence-corrected chi connectivity index (χ0v) is 11.8. The van der Waals surface area contributed by atoms with Gasteiger partial charge in [0.15, 0.2) is 0 Å². The van der Waals surface area contributed by atoms with Crippen LogP contribution in [0.15, 0.2) is 0 Å². The largest absolute Gasteiger partial charge is 0.311 e. The maximum absolute atomic E-state index is 3.84. The third-order valence-electron chi connectivity index (χ3n) is 3.95. The van der Waals surface area contributed by atoms with E-state index in [2.05, 4.69) is 44.8 Å². The molecule has 0 aromatic rings. The van der Waals surface area contributed by atoms with E-state index in [1.54, 1.807) is 0 Å². The summed E-state index contributed by atoms with van der Waals surface area (Å²) in [5.74, 6) is 0.758. The Kier molecular flexibility index (Phi) is 5.77. The van der Waals surface area contributed by atoms with Crippen LogP contribution in [0.25, 0.3) is 0 Å². The van der Waals surface area contributed by atoms with Crippen LogP contribution in [-0.4, -0.2) is 36.1 Å². The minimum atomic E-state index is 0.704. The first kappa shape index (κ1) is 14.0. The summed E-state index contributed by atoms with van der Waals surface area (Å²) in [7, 11) is 0. The standard InChI is InChI=1S/C14H30N2/c1-6-14(11(2)3)15-13-7-9-16(10-8-13)12(4)5/h11-15H,6-10H2,1-5H3. The van der Waals surface area contributed by atoms with Crippen molar-refractivity contribution in [1.82, 2.24) is 10.2 Å². The Morgan fingerprint density at radius 2 is 1.69 bits per heavy atom. The Bertz CT molecular complexity index is 181. The number of rotatable bonds is 5. The van der Waals surface area contributed by atoms with E-state index in [0.29, 0.717) is 12.1 Å². The SMILES string of the molecule is CCC(NC1CCN(C(C)C)CC1)C(C)C. The van der Waals surface area contributed by atoms with Crippen molar-refractivity contribution in [3.8, 4) is 0 Å². The van der Waals surface area contributed by atoms with Crippen molar-refractivity contribution in [3.63, 3.8) is 0 Å². The molecule has 0 aromatic heterocycles. The van der Waals surface area contributed by atoms with E-state index >= 15 is 0 Å². The van der Waals surface area contributed by atoms with Gasteiger partial charge in [0, 0.05) is 18.1 Å².